The number of alkyl halides is 3. The number of nitrogens with one attached hydrogen (secondary N) is 9. The fourth-order valence-corrected chi connectivity index (χ4v) is 12.8. The van der Waals surface area contributed by atoms with Crippen LogP contribution in [0.2, 0.25) is 5.02 Å². The average Bonchev–Trinajstić information content (AvgIpc) is 1.64. The van der Waals surface area contributed by atoms with Crippen LogP contribution in [0.4, 0.5) is 28.4 Å². The van der Waals surface area contributed by atoms with Gasteiger partial charge in [0.2, 0.25) is 17.7 Å². The van der Waals surface area contributed by atoms with Gasteiger partial charge in [0.25, 0.3) is 11.8 Å². The number of fused-ring (bicyclic) bond motifs is 1. The molecule has 8 amide bonds. The summed E-state index contributed by atoms with van der Waals surface area (Å²) < 4.78 is 49.5. The molecule has 127 heavy (non-hydrogen) atoms. The van der Waals surface area contributed by atoms with Crippen molar-refractivity contribution in [2.75, 3.05) is 83.5 Å². The highest BCUT2D eigenvalue weighted by Crippen LogP contribution is 2.32. The molecule has 2 saturated heterocycles. The molecule has 1 aliphatic carbocycles. The number of ether oxygens (including phenoxy) is 3. The van der Waals surface area contributed by atoms with Crippen molar-refractivity contribution in [2.24, 2.45) is 5.73 Å². The molecule has 2 aliphatic heterocycles. The molecule has 0 bridgehead atoms. The van der Waals surface area contributed by atoms with Crippen LogP contribution in [0.25, 0.3) is 22.2 Å². The van der Waals surface area contributed by atoms with Gasteiger partial charge in [0.1, 0.15) is 23.1 Å². The second kappa shape index (κ2) is 66.5. The number of rotatable bonds is 24. The standard InChI is InChI=1S/C19H20N2O.C16H32N4O.C15H23N3O.C12H14F3NO3.C11H16N2O.C10H12ClNO.C8H17NO2.8CH4/c1-13(2)20-18(22)12-16-15-10-6-7-11-17(15)21-19(16)14-8-4-3-5-9-14;1-14(2)18-16(21)17-8-9-19-10-12-20(13-11-19)15-6-4-3-5-7-15;1-13(2)16-15(19)12-17-8-10-18(11-9-17)14-6-4-3-5-7-14;1-8(2)16-11(17)7-18-9-3-5-10(6-4-9)19-12(13,14)15;1-8(2)13-11(14)10(12)9-6-4-3-5-7-9;1-7(2)12-10(13)8-5-3-4-6-9(8)11;1-6(2)9-7(10)11-8(3,4)5;;;;;;;;/h3-11,13,21H,12H2,1-2H3,(H,20,22);14-15H,3-13H2,1-2H3,(H2,17,18,21);3-7,13H,8-12H2,1-2H3,(H,16,19);3-6,8H,7H2,1-2H3,(H,16,17);3-8,10H,12H2,1-2H3,(H,13,14);3-7H,1-2H3,(H,12,13);6H,1-5H3,(H,9,10);8*1H4. The zero-order valence-corrected chi connectivity index (χ0v) is 73.7. The third-order valence-electron chi connectivity index (χ3n) is 17.7. The van der Waals surface area contributed by atoms with Crippen LogP contribution in [-0.2, 0) is 30.3 Å². The maximum absolute atomic E-state index is 12.2. The Bertz CT molecular complexity index is 4080. The number of hydrogen-bond donors (Lipinski definition) is 10. The summed E-state index contributed by atoms with van der Waals surface area (Å²) in [6, 6.07) is 51.1. The van der Waals surface area contributed by atoms with E-state index in [0.29, 0.717) is 23.6 Å². The lowest BCUT2D eigenvalue weighted by Crippen LogP contribution is -2.52. The molecule has 7 aromatic rings. The number of nitrogens with two attached hydrogens (primary N) is 1. The van der Waals surface area contributed by atoms with E-state index >= 15 is 0 Å². The summed E-state index contributed by atoms with van der Waals surface area (Å²) in [6.45, 7) is 43.0. The van der Waals surface area contributed by atoms with Gasteiger partial charge in [-0.2, -0.15) is 0 Å². The quantitative estimate of drug-likeness (QED) is 0.0269. The average molecular weight is 1800 g/mol. The van der Waals surface area contributed by atoms with Crippen molar-refractivity contribution in [2.45, 2.75) is 282 Å². The van der Waals surface area contributed by atoms with E-state index in [2.05, 4.69) is 114 Å². The van der Waals surface area contributed by atoms with E-state index in [1.807, 2.05) is 177 Å². The summed E-state index contributed by atoms with van der Waals surface area (Å²) in [7, 11) is 0. The summed E-state index contributed by atoms with van der Waals surface area (Å²) in [6.07, 6.45) is 2.37. The molecule has 6 aromatic carbocycles. The molecule has 28 heteroatoms. The van der Waals surface area contributed by atoms with Crippen molar-refractivity contribution >= 4 is 69.9 Å². The van der Waals surface area contributed by atoms with Crippen molar-refractivity contribution in [1.82, 2.24) is 62.2 Å². The minimum Gasteiger partial charge on any atom is -0.484 e. The van der Waals surface area contributed by atoms with Crippen molar-refractivity contribution in [3.8, 4) is 22.8 Å². The van der Waals surface area contributed by atoms with Crippen LogP contribution in [0, 0.1) is 0 Å². The van der Waals surface area contributed by atoms with Gasteiger partial charge in [-0.05, 0) is 202 Å². The fourth-order valence-electron chi connectivity index (χ4n) is 12.5. The fraction of sp³-hybridized carbons (Fsp3) is 0.545. The zero-order chi connectivity index (χ0) is 88.2. The zero-order valence-electron chi connectivity index (χ0n) is 73.0. The number of aromatic nitrogens is 1. The van der Waals surface area contributed by atoms with Crippen molar-refractivity contribution in [3.05, 3.63) is 186 Å². The lowest BCUT2D eigenvalue weighted by molar-refractivity contribution is -0.274. The first-order valence-corrected chi connectivity index (χ1v) is 41.8. The number of benzene rings is 6. The van der Waals surface area contributed by atoms with Gasteiger partial charge in [-0.15, -0.1) is 13.2 Å². The number of anilines is 1. The SMILES string of the molecule is C.C.C.C.C.C.C.C.CC(C)NC(=O)C(N)c1ccccc1.CC(C)NC(=O)CN1CCN(c2ccccc2)CC1.CC(C)NC(=O)COc1ccc(OC(F)(F)F)cc1.CC(C)NC(=O)Cc1c(-c2ccccc2)[nH]c2ccccc12.CC(C)NC(=O)NCCN1CCN(C2CCCCC2)CC1.CC(C)NC(=O)OC(C)(C)C.CC(C)NC(=O)c1ccccc1Cl. The van der Waals surface area contributed by atoms with Gasteiger partial charge in [0, 0.05) is 130 Å². The van der Waals surface area contributed by atoms with Crippen LogP contribution in [0.1, 0.15) is 237 Å². The molecule has 11 N–H and O–H groups in total. The van der Waals surface area contributed by atoms with Crippen molar-refractivity contribution in [3.63, 3.8) is 0 Å². The topological polar surface area (TPSA) is 298 Å². The Morgan fingerprint density at radius 1 is 0.496 bits per heavy atom. The Morgan fingerprint density at radius 3 is 1.46 bits per heavy atom. The summed E-state index contributed by atoms with van der Waals surface area (Å²) in [5.74, 6) is -0.433. The van der Waals surface area contributed by atoms with Gasteiger partial charge in [0.05, 0.1) is 29.2 Å². The molecule has 10 rings (SSSR count). The smallest absolute Gasteiger partial charge is 0.484 e. The number of piperazine rings is 2. The number of amides is 8. The number of para-hydroxylation sites is 2. The number of urea groups is 1. The van der Waals surface area contributed by atoms with Crippen LogP contribution >= 0.6 is 11.6 Å². The molecule has 3 fully saturated rings. The van der Waals surface area contributed by atoms with Gasteiger partial charge >= 0.3 is 18.5 Å². The molecule has 720 valence electrons. The van der Waals surface area contributed by atoms with E-state index in [9.17, 15) is 46.7 Å². The Balaban J connectivity index is -0.000000456. The number of nitrogens with zero attached hydrogens (tertiary/aromatic N) is 4. The van der Waals surface area contributed by atoms with Gasteiger partial charge in [0.15, 0.2) is 6.61 Å². The van der Waals surface area contributed by atoms with Crippen LogP contribution in [-0.4, -0.2) is 200 Å². The van der Waals surface area contributed by atoms with Gasteiger partial charge < -0.3 is 72.4 Å². The van der Waals surface area contributed by atoms with Crippen LogP contribution < -0.4 is 62.6 Å². The normalized spacial score (nSPS) is 13.2. The first-order chi connectivity index (χ1) is 56.2. The van der Waals surface area contributed by atoms with E-state index in [0.717, 1.165) is 104 Å². The molecule has 0 radical (unpaired) electrons. The molecule has 24 nitrogen and oxygen atoms in total. The lowest BCUT2D eigenvalue weighted by Gasteiger charge is -2.40. The molecule has 3 aliphatic rings. The van der Waals surface area contributed by atoms with Gasteiger partial charge in [-0.3, -0.25) is 38.7 Å². The molecule has 1 atom stereocenters. The molecule has 1 unspecified atom stereocenters. The first-order valence-electron chi connectivity index (χ1n) is 41.4. The van der Waals surface area contributed by atoms with E-state index in [1.54, 1.807) is 38.1 Å². The number of alkyl carbamates (subject to hydrolysis) is 1. The maximum atomic E-state index is 12.2. The number of H-pyrrole nitrogens is 1. The number of carbonyl (C=O) groups excluding carboxylic acids is 7. The molecule has 0 spiro atoms. The summed E-state index contributed by atoms with van der Waals surface area (Å²) in [5.41, 5.74) is 12.3. The summed E-state index contributed by atoms with van der Waals surface area (Å²) in [4.78, 5) is 93.8. The Morgan fingerprint density at radius 2 is 0.953 bits per heavy atom. The number of halogens is 4. The maximum Gasteiger partial charge on any atom is 0.573 e. The largest absolute Gasteiger partial charge is 0.573 e. The lowest BCUT2D eigenvalue weighted by atomic mass is 9.94. The monoisotopic (exact) mass is 1800 g/mol. The molecule has 1 saturated carbocycles. The van der Waals surface area contributed by atoms with E-state index in [-0.39, 0.29) is 161 Å². The summed E-state index contributed by atoms with van der Waals surface area (Å²) >= 11 is 5.84. The molecule has 1 aromatic heterocycles. The molecular formula is C99H166ClF3N14O10. The van der Waals surface area contributed by atoms with Crippen LogP contribution in [0.15, 0.2) is 164 Å². The third kappa shape index (κ3) is 54.1. The summed E-state index contributed by atoms with van der Waals surface area (Å²) in [5, 5.41) is 24.1. The van der Waals surface area contributed by atoms with Crippen LogP contribution in [0.5, 0.6) is 11.5 Å². The minimum absolute atomic E-state index is 0. The van der Waals surface area contributed by atoms with E-state index in [1.165, 1.54) is 63.0 Å². The van der Waals surface area contributed by atoms with Gasteiger partial charge in [-0.25, -0.2) is 9.59 Å². The first kappa shape index (κ1) is 126. The Labute approximate surface area is 768 Å². The predicted molar refractivity (Wildman–Crippen MR) is 527 cm³/mol. The molecule has 3 heterocycles. The second-order valence-electron chi connectivity index (χ2n) is 32.3. The highest BCUT2D eigenvalue weighted by atomic mass is 35.5. The Kier molecular flexibility index (Phi) is 65.7. The van der Waals surface area contributed by atoms with E-state index in [4.69, 9.17) is 26.8 Å². The van der Waals surface area contributed by atoms with Gasteiger partial charge in [-0.1, -0.05) is 199 Å². The Hall–Kier alpha value is -9.93. The van der Waals surface area contributed by atoms with E-state index < -0.39 is 18.0 Å². The highest BCUT2D eigenvalue weighted by Gasteiger charge is 2.31. The number of hydrogen-bond acceptors (Lipinski definition) is 15. The second-order valence-corrected chi connectivity index (χ2v) is 32.7. The molecular weight excluding hydrogens is 1640 g/mol. The number of carbonyl (C=O) groups is 7. The number of aromatic amines is 1. The van der Waals surface area contributed by atoms with Crippen molar-refractivity contribution < 1.29 is 60.9 Å². The van der Waals surface area contributed by atoms with Crippen molar-refractivity contribution in [1.29, 1.82) is 0 Å². The third-order valence-corrected chi connectivity index (χ3v) is 18.0. The minimum atomic E-state index is -4.72. The highest BCUT2D eigenvalue weighted by molar-refractivity contribution is 6.33. The van der Waals surface area contributed by atoms with Crippen LogP contribution in [0.3, 0.4) is 0 Å². The predicted octanol–water partition coefficient (Wildman–Crippen LogP) is 20.1.